The molecule has 0 aliphatic rings. The molecule has 0 amide bonds. The SMILES string of the molecule is COc1ccc2nc(C)nc(Cl)c2n1. The first-order valence-electron chi connectivity index (χ1n) is 4.05. The molecule has 0 bridgehead atoms. The molecular weight excluding hydrogens is 202 g/mol. The zero-order valence-electron chi connectivity index (χ0n) is 7.78. The van der Waals surface area contributed by atoms with E-state index < -0.39 is 0 Å². The Morgan fingerprint density at radius 2 is 2.00 bits per heavy atom. The summed E-state index contributed by atoms with van der Waals surface area (Å²) < 4.78 is 4.98. The van der Waals surface area contributed by atoms with E-state index in [0.29, 0.717) is 22.4 Å². The second-order valence-electron chi connectivity index (χ2n) is 2.78. The van der Waals surface area contributed by atoms with Crippen LogP contribution in [0.1, 0.15) is 5.82 Å². The van der Waals surface area contributed by atoms with E-state index in [4.69, 9.17) is 16.3 Å². The van der Waals surface area contributed by atoms with Crippen LogP contribution < -0.4 is 4.74 Å². The van der Waals surface area contributed by atoms with Crippen LogP contribution in [0.3, 0.4) is 0 Å². The predicted octanol–water partition coefficient (Wildman–Crippen LogP) is 2.00. The Kier molecular flexibility index (Phi) is 2.21. The van der Waals surface area contributed by atoms with Gasteiger partial charge in [-0.2, -0.15) is 0 Å². The van der Waals surface area contributed by atoms with Gasteiger partial charge in [0.25, 0.3) is 0 Å². The highest BCUT2D eigenvalue weighted by atomic mass is 35.5. The fourth-order valence-corrected chi connectivity index (χ4v) is 1.45. The van der Waals surface area contributed by atoms with Crippen LogP contribution in [0.15, 0.2) is 12.1 Å². The van der Waals surface area contributed by atoms with Gasteiger partial charge in [-0.25, -0.2) is 15.0 Å². The van der Waals surface area contributed by atoms with Crippen molar-refractivity contribution in [1.29, 1.82) is 0 Å². The molecule has 0 unspecified atom stereocenters. The zero-order valence-corrected chi connectivity index (χ0v) is 8.54. The van der Waals surface area contributed by atoms with E-state index in [1.54, 1.807) is 20.1 Å². The maximum Gasteiger partial charge on any atom is 0.213 e. The van der Waals surface area contributed by atoms with Gasteiger partial charge in [-0.3, -0.25) is 0 Å². The minimum Gasteiger partial charge on any atom is -0.481 e. The first-order chi connectivity index (χ1) is 6.70. The lowest BCUT2D eigenvalue weighted by atomic mass is 10.3. The molecule has 0 N–H and O–H groups in total. The number of nitrogens with zero attached hydrogens (tertiary/aromatic N) is 3. The van der Waals surface area contributed by atoms with Gasteiger partial charge in [0.1, 0.15) is 11.3 Å². The molecule has 2 rings (SSSR count). The van der Waals surface area contributed by atoms with E-state index in [1.807, 2.05) is 6.07 Å². The minimum absolute atomic E-state index is 0.353. The van der Waals surface area contributed by atoms with E-state index in [2.05, 4.69) is 15.0 Å². The molecule has 2 aromatic rings. The number of hydrogen-bond acceptors (Lipinski definition) is 4. The molecule has 5 heteroatoms. The van der Waals surface area contributed by atoms with Crippen molar-refractivity contribution in [3.63, 3.8) is 0 Å². The molecular formula is C9H8ClN3O. The molecule has 0 fully saturated rings. The van der Waals surface area contributed by atoms with Gasteiger partial charge in [0, 0.05) is 6.07 Å². The van der Waals surface area contributed by atoms with Gasteiger partial charge >= 0.3 is 0 Å². The smallest absolute Gasteiger partial charge is 0.213 e. The number of pyridine rings is 1. The number of methoxy groups -OCH3 is 1. The topological polar surface area (TPSA) is 47.9 Å². The van der Waals surface area contributed by atoms with Crippen LogP contribution in [0.5, 0.6) is 5.88 Å². The highest BCUT2D eigenvalue weighted by molar-refractivity contribution is 6.33. The van der Waals surface area contributed by atoms with E-state index in [-0.39, 0.29) is 0 Å². The highest BCUT2D eigenvalue weighted by Gasteiger charge is 2.05. The molecule has 0 atom stereocenters. The lowest BCUT2D eigenvalue weighted by molar-refractivity contribution is 0.399. The van der Waals surface area contributed by atoms with Crippen LogP contribution in [-0.2, 0) is 0 Å². The Labute approximate surface area is 85.9 Å². The third-order valence-electron chi connectivity index (χ3n) is 1.80. The third-order valence-corrected chi connectivity index (χ3v) is 2.06. The van der Waals surface area contributed by atoms with Crippen molar-refractivity contribution in [3.8, 4) is 5.88 Å². The molecule has 72 valence electrons. The van der Waals surface area contributed by atoms with Crippen LogP contribution in [0.25, 0.3) is 11.0 Å². The number of rotatable bonds is 1. The molecule has 0 spiro atoms. The van der Waals surface area contributed by atoms with Crippen LogP contribution in [0, 0.1) is 6.92 Å². The summed E-state index contributed by atoms with van der Waals surface area (Å²) in [5.41, 5.74) is 1.29. The maximum atomic E-state index is 5.92. The molecule has 0 saturated carbocycles. The van der Waals surface area contributed by atoms with Crippen LogP contribution >= 0.6 is 11.6 Å². The average Bonchev–Trinajstić information content (AvgIpc) is 2.17. The number of ether oxygens (including phenoxy) is 1. The van der Waals surface area contributed by atoms with Gasteiger partial charge in [0.2, 0.25) is 5.88 Å². The van der Waals surface area contributed by atoms with Gasteiger partial charge in [-0.15, -0.1) is 0 Å². The minimum atomic E-state index is 0.353. The van der Waals surface area contributed by atoms with Gasteiger partial charge in [0.05, 0.1) is 12.6 Å². The molecule has 14 heavy (non-hydrogen) atoms. The van der Waals surface area contributed by atoms with E-state index in [0.717, 1.165) is 5.52 Å². The monoisotopic (exact) mass is 209 g/mol. The first-order valence-corrected chi connectivity index (χ1v) is 4.43. The van der Waals surface area contributed by atoms with Gasteiger partial charge in [-0.1, -0.05) is 11.6 Å². The van der Waals surface area contributed by atoms with Crippen molar-refractivity contribution < 1.29 is 4.74 Å². The number of aryl methyl sites for hydroxylation is 1. The lowest BCUT2D eigenvalue weighted by Gasteiger charge is -2.02. The summed E-state index contributed by atoms with van der Waals surface area (Å²) in [5, 5.41) is 0.353. The van der Waals surface area contributed by atoms with Gasteiger partial charge in [-0.05, 0) is 13.0 Å². The molecule has 0 radical (unpaired) electrons. The molecule has 4 nitrogen and oxygen atoms in total. The molecule has 2 heterocycles. The Morgan fingerprint density at radius 3 is 2.71 bits per heavy atom. The highest BCUT2D eigenvalue weighted by Crippen LogP contribution is 2.20. The van der Waals surface area contributed by atoms with Crippen molar-refractivity contribution in [2.24, 2.45) is 0 Å². The van der Waals surface area contributed by atoms with Crippen LogP contribution in [0.2, 0.25) is 5.15 Å². The summed E-state index contributed by atoms with van der Waals surface area (Å²) in [6.07, 6.45) is 0. The normalized spacial score (nSPS) is 10.5. The molecule has 2 aromatic heterocycles. The number of hydrogen-bond donors (Lipinski definition) is 0. The van der Waals surface area contributed by atoms with Crippen molar-refractivity contribution in [2.45, 2.75) is 6.92 Å². The Morgan fingerprint density at radius 1 is 1.21 bits per heavy atom. The summed E-state index contributed by atoms with van der Waals surface area (Å²) in [4.78, 5) is 12.4. The average molecular weight is 210 g/mol. The molecule has 0 aromatic carbocycles. The maximum absolute atomic E-state index is 5.92. The second-order valence-corrected chi connectivity index (χ2v) is 3.14. The Hall–Kier alpha value is -1.42. The van der Waals surface area contributed by atoms with Crippen molar-refractivity contribution in [1.82, 2.24) is 15.0 Å². The first kappa shape index (κ1) is 9.15. The molecule has 0 aliphatic carbocycles. The van der Waals surface area contributed by atoms with Crippen LogP contribution in [0.4, 0.5) is 0 Å². The van der Waals surface area contributed by atoms with Gasteiger partial charge in [0.15, 0.2) is 5.15 Å². The summed E-state index contributed by atoms with van der Waals surface area (Å²) >= 11 is 5.92. The summed E-state index contributed by atoms with van der Waals surface area (Å²) in [5.74, 6) is 1.14. The second kappa shape index (κ2) is 3.38. The van der Waals surface area contributed by atoms with Crippen molar-refractivity contribution in [2.75, 3.05) is 7.11 Å². The number of halogens is 1. The lowest BCUT2D eigenvalue weighted by Crippen LogP contribution is -1.94. The van der Waals surface area contributed by atoms with E-state index in [1.165, 1.54) is 0 Å². The fraction of sp³-hybridized carbons (Fsp3) is 0.222. The summed E-state index contributed by atoms with van der Waals surface area (Å²) in [6.45, 7) is 1.79. The third kappa shape index (κ3) is 1.48. The Balaban J connectivity index is 2.75. The predicted molar refractivity (Wildman–Crippen MR) is 53.6 cm³/mol. The van der Waals surface area contributed by atoms with Crippen LogP contribution in [-0.4, -0.2) is 22.1 Å². The van der Waals surface area contributed by atoms with E-state index >= 15 is 0 Å². The van der Waals surface area contributed by atoms with Crippen molar-refractivity contribution in [3.05, 3.63) is 23.1 Å². The van der Waals surface area contributed by atoms with Crippen molar-refractivity contribution >= 4 is 22.6 Å². The van der Waals surface area contributed by atoms with Gasteiger partial charge < -0.3 is 4.74 Å². The molecule has 0 saturated heterocycles. The fourth-order valence-electron chi connectivity index (χ4n) is 1.18. The largest absolute Gasteiger partial charge is 0.481 e. The molecule has 0 aliphatic heterocycles. The number of aromatic nitrogens is 3. The Bertz CT molecular complexity index is 487. The summed E-state index contributed by atoms with van der Waals surface area (Å²) in [7, 11) is 1.55. The summed E-state index contributed by atoms with van der Waals surface area (Å²) in [6, 6.07) is 3.55. The standard InChI is InChI=1S/C9H8ClN3O/c1-5-11-6-3-4-7(14-2)13-8(6)9(10)12-5/h3-4H,1-2H3. The van der Waals surface area contributed by atoms with E-state index in [9.17, 15) is 0 Å². The quantitative estimate of drug-likeness (QED) is 0.674. The number of fused-ring (bicyclic) bond motifs is 1. The zero-order chi connectivity index (χ0) is 10.1.